The number of carbonyl (C=O) groups excluding carboxylic acids is 2. The summed E-state index contributed by atoms with van der Waals surface area (Å²) < 4.78 is 10.8. The van der Waals surface area contributed by atoms with Crippen LogP contribution >= 0.6 is 0 Å². The Morgan fingerprint density at radius 1 is 1.32 bits per heavy atom. The van der Waals surface area contributed by atoms with Crippen molar-refractivity contribution in [3.8, 4) is 5.75 Å². The van der Waals surface area contributed by atoms with Crippen molar-refractivity contribution in [3.63, 3.8) is 0 Å². The first kappa shape index (κ1) is 17.5. The number of methoxy groups -OCH3 is 1. The molecule has 0 saturated heterocycles. The topological polar surface area (TPSA) is 84.9 Å². The number of esters is 1. The quantitative estimate of drug-likeness (QED) is 0.818. The van der Waals surface area contributed by atoms with Gasteiger partial charge in [-0.25, -0.2) is 4.79 Å². The van der Waals surface area contributed by atoms with Gasteiger partial charge in [0.25, 0.3) is 0 Å². The Morgan fingerprint density at radius 3 is 2.64 bits per heavy atom. The molecule has 134 valence electrons. The molecule has 2 N–H and O–H groups in total. The minimum atomic E-state index is -1.28. The van der Waals surface area contributed by atoms with Crippen molar-refractivity contribution in [2.24, 2.45) is 0 Å². The van der Waals surface area contributed by atoms with Crippen LogP contribution in [0.2, 0.25) is 0 Å². The van der Waals surface area contributed by atoms with Crippen molar-refractivity contribution in [3.05, 3.63) is 41.1 Å². The number of ketones is 1. The molecule has 0 radical (unpaired) electrons. The van der Waals surface area contributed by atoms with Crippen molar-refractivity contribution in [2.75, 3.05) is 7.11 Å². The van der Waals surface area contributed by atoms with E-state index in [1.807, 2.05) is 13.8 Å². The molecule has 1 aliphatic heterocycles. The van der Waals surface area contributed by atoms with Gasteiger partial charge in [0.15, 0.2) is 5.78 Å². The van der Waals surface area contributed by atoms with Crippen molar-refractivity contribution < 1.29 is 24.2 Å². The summed E-state index contributed by atoms with van der Waals surface area (Å²) in [5, 5.41) is 14.5. The normalized spacial score (nSPS) is 27.2. The SMILES string of the molecule is COC(=O)c1ccc2c(c1)C(NC1=CC(=O)CC1)C(C)(O)C(C)(C)O2. The highest BCUT2D eigenvalue weighted by molar-refractivity contribution is 5.93. The summed E-state index contributed by atoms with van der Waals surface area (Å²) in [6.07, 6.45) is 2.65. The van der Waals surface area contributed by atoms with Crippen LogP contribution in [0.1, 0.15) is 55.6 Å². The van der Waals surface area contributed by atoms with Crippen molar-refractivity contribution in [2.45, 2.75) is 50.9 Å². The van der Waals surface area contributed by atoms with Gasteiger partial charge in [-0.15, -0.1) is 0 Å². The average Bonchev–Trinajstić information content (AvgIpc) is 2.96. The molecule has 0 saturated carbocycles. The molecule has 2 atom stereocenters. The minimum Gasteiger partial charge on any atom is -0.484 e. The van der Waals surface area contributed by atoms with E-state index in [-0.39, 0.29) is 5.78 Å². The Morgan fingerprint density at radius 2 is 2.04 bits per heavy atom. The predicted molar refractivity (Wildman–Crippen MR) is 91.3 cm³/mol. The predicted octanol–water partition coefficient (Wildman–Crippen LogP) is 2.27. The Bertz CT molecular complexity index is 763. The highest BCUT2D eigenvalue weighted by Gasteiger charge is 2.53. The van der Waals surface area contributed by atoms with Gasteiger partial charge in [0.1, 0.15) is 17.0 Å². The smallest absolute Gasteiger partial charge is 0.337 e. The molecule has 1 heterocycles. The van der Waals surface area contributed by atoms with Gasteiger partial charge in [0.05, 0.1) is 18.7 Å². The third-order valence-corrected chi connectivity index (χ3v) is 5.19. The van der Waals surface area contributed by atoms with Crippen LogP contribution in [0, 0.1) is 0 Å². The molecule has 2 unspecified atom stereocenters. The zero-order valence-electron chi connectivity index (χ0n) is 14.9. The zero-order valence-corrected chi connectivity index (χ0v) is 14.9. The van der Waals surface area contributed by atoms with Crippen LogP contribution in [0.3, 0.4) is 0 Å². The third-order valence-electron chi connectivity index (χ3n) is 5.19. The number of hydrogen-bond donors (Lipinski definition) is 2. The van der Waals surface area contributed by atoms with E-state index in [0.29, 0.717) is 29.7 Å². The van der Waals surface area contributed by atoms with E-state index in [1.54, 1.807) is 31.2 Å². The number of carbonyl (C=O) groups is 2. The Kier molecular flexibility index (Phi) is 4.11. The van der Waals surface area contributed by atoms with E-state index in [1.165, 1.54) is 7.11 Å². The van der Waals surface area contributed by atoms with Crippen LogP contribution in [0.4, 0.5) is 0 Å². The lowest BCUT2D eigenvalue weighted by Gasteiger charge is -2.50. The average molecular weight is 345 g/mol. The van der Waals surface area contributed by atoms with Gasteiger partial charge in [0, 0.05) is 23.8 Å². The van der Waals surface area contributed by atoms with Crippen molar-refractivity contribution in [1.82, 2.24) is 5.32 Å². The Labute approximate surface area is 146 Å². The summed E-state index contributed by atoms with van der Waals surface area (Å²) in [5.41, 5.74) is -0.326. The first-order chi connectivity index (χ1) is 11.7. The number of allylic oxidation sites excluding steroid dienone is 2. The van der Waals surface area contributed by atoms with Gasteiger partial charge in [-0.05, 0) is 45.4 Å². The molecule has 1 aromatic carbocycles. The second-order valence-electron chi connectivity index (χ2n) is 7.22. The number of fused-ring (bicyclic) bond motifs is 1. The fourth-order valence-electron chi connectivity index (χ4n) is 3.25. The molecule has 0 bridgehead atoms. The lowest BCUT2D eigenvalue weighted by molar-refractivity contribution is -0.137. The Balaban J connectivity index is 2.08. The molecule has 6 heteroatoms. The van der Waals surface area contributed by atoms with Crippen molar-refractivity contribution in [1.29, 1.82) is 0 Å². The summed E-state index contributed by atoms with van der Waals surface area (Å²) in [7, 11) is 1.32. The number of hydrogen-bond acceptors (Lipinski definition) is 6. The molecule has 0 amide bonds. The number of benzene rings is 1. The largest absolute Gasteiger partial charge is 0.484 e. The van der Waals surface area contributed by atoms with Crippen LogP contribution in [0.25, 0.3) is 0 Å². The lowest BCUT2D eigenvalue weighted by Crippen LogP contribution is -2.61. The molecule has 1 aliphatic carbocycles. The van der Waals surface area contributed by atoms with E-state index in [9.17, 15) is 14.7 Å². The van der Waals surface area contributed by atoms with Gasteiger partial charge in [-0.2, -0.15) is 0 Å². The second kappa shape index (κ2) is 5.88. The van der Waals surface area contributed by atoms with Gasteiger partial charge in [-0.1, -0.05) is 0 Å². The fraction of sp³-hybridized carbons (Fsp3) is 0.474. The highest BCUT2D eigenvalue weighted by atomic mass is 16.5. The van der Waals surface area contributed by atoms with Crippen LogP contribution in [-0.4, -0.2) is 35.2 Å². The highest BCUT2D eigenvalue weighted by Crippen LogP contribution is 2.47. The van der Waals surface area contributed by atoms with E-state index in [2.05, 4.69) is 5.32 Å². The van der Waals surface area contributed by atoms with Crippen molar-refractivity contribution >= 4 is 11.8 Å². The summed E-state index contributed by atoms with van der Waals surface area (Å²) in [6, 6.07) is 4.48. The molecule has 2 aliphatic rings. The van der Waals surface area contributed by atoms with E-state index < -0.39 is 23.2 Å². The van der Waals surface area contributed by atoms with Crippen LogP contribution in [0.15, 0.2) is 30.0 Å². The lowest BCUT2D eigenvalue weighted by atomic mass is 9.75. The minimum absolute atomic E-state index is 0.0667. The van der Waals surface area contributed by atoms with E-state index in [4.69, 9.17) is 9.47 Å². The molecule has 1 aromatic rings. The van der Waals surface area contributed by atoms with Gasteiger partial charge < -0.3 is 19.9 Å². The maximum atomic E-state index is 11.9. The number of ether oxygens (including phenoxy) is 2. The standard InChI is InChI=1S/C19H23NO5/c1-18(2)19(3,23)16(20-12-6-7-13(21)10-12)14-9-11(17(22)24-4)5-8-15(14)25-18/h5,8-10,16,20,23H,6-7H2,1-4H3. The molecule has 25 heavy (non-hydrogen) atoms. The van der Waals surface area contributed by atoms with E-state index in [0.717, 1.165) is 5.70 Å². The first-order valence-electron chi connectivity index (χ1n) is 8.29. The molecule has 0 aromatic heterocycles. The van der Waals surface area contributed by atoms with Crippen LogP contribution in [0.5, 0.6) is 5.75 Å². The molecular weight excluding hydrogens is 322 g/mol. The fourth-order valence-corrected chi connectivity index (χ4v) is 3.25. The Hall–Kier alpha value is -2.34. The zero-order chi connectivity index (χ0) is 18.4. The molecule has 3 rings (SSSR count). The second-order valence-corrected chi connectivity index (χ2v) is 7.22. The third kappa shape index (κ3) is 2.91. The first-order valence-corrected chi connectivity index (χ1v) is 8.29. The summed E-state index contributed by atoms with van der Waals surface area (Å²) in [4.78, 5) is 23.4. The van der Waals surface area contributed by atoms with Crippen LogP contribution in [-0.2, 0) is 9.53 Å². The maximum Gasteiger partial charge on any atom is 0.337 e. The summed E-state index contributed by atoms with van der Waals surface area (Å²) in [5.74, 6) is 0.199. The molecule has 6 nitrogen and oxygen atoms in total. The monoisotopic (exact) mass is 345 g/mol. The maximum absolute atomic E-state index is 11.9. The molecular formula is C19H23NO5. The molecule has 0 fully saturated rings. The summed E-state index contributed by atoms with van der Waals surface area (Å²) in [6.45, 7) is 5.32. The van der Waals surface area contributed by atoms with Gasteiger partial charge in [-0.3, -0.25) is 4.79 Å². The van der Waals surface area contributed by atoms with Gasteiger partial charge >= 0.3 is 5.97 Å². The van der Waals surface area contributed by atoms with Crippen LogP contribution < -0.4 is 10.1 Å². The molecule has 0 spiro atoms. The van der Waals surface area contributed by atoms with E-state index >= 15 is 0 Å². The number of rotatable bonds is 3. The number of nitrogens with one attached hydrogen (secondary N) is 1. The summed E-state index contributed by atoms with van der Waals surface area (Å²) >= 11 is 0. The van der Waals surface area contributed by atoms with Gasteiger partial charge in [0.2, 0.25) is 0 Å². The number of aliphatic hydroxyl groups is 1.